The van der Waals surface area contributed by atoms with E-state index in [0.717, 1.165) is 0 Å². The third-order valence-electron chi connectivity index (χ3n) is 2.83. The van der Waals surface area contributed by atoms with Gasteiger partial charge >= 0.3 is 5.97 Å². The molecule has 2 heterocycles. The summed E-state index contributed by atoms with van der Waals surface area (Å²) in [6.07, 6.45) is 4.97. The molecule has 0 saturated heterocycles. The van der Waals surface area contributed by atoms with Gasteiger partial charge in [0.25, 0.3) is 5.91 Å². The van der Waals surface area contributed by atoms with Gasteiger partial charge in [-0.25, -0.2) is 14.3 Å². The predicted molar refractivity (Wildman–Crippen MR) is 71.3 cm³/mol. The molecule has 0 radical (unpaired) electrons. The van der Waals surface area contributed by atoms with Crippen molar-refractivity contribution in [3.63, 3.8) is 0 Å². The number of aliphatic carboxylic acids is 1. The summed E-state index contributed by atoms with van der Waals surface area (Å²) in [6, 6.07) is 0.779. The highest BCUT2D eigenvalue weighted by Crippen LogP contribution is 2.09. The number of carboxylic acids is 1. The van der Waals surface area contributed by atoms with Crippen LogP contribution in [0.5, 0.6) is 0 Å². The van der Waals surface area contributed by atoms with Gasteiger partial charge in [-0.3, -0.25) is 4.79 Å². The van der Waals surface area contributed by atoms with Gasteiger partial charge in [-0.1, -0.05) is 13.8 Å². The first-order valence-electron chi connectivity index (χ1n) is 6.31. The Labute approximate surface area is 115 Å². The first kappa shape index (κ1) is 14.0. The summed E-state index contributed by atoms with van der Waals surface area (Å²) in [6.45, 7) is 3.80. The molecule has 0 bridgehead atoms. The molecule has 2 rings (SSSR count). The van der Waals surface area contributed by atoms with Crippen molar-refractivity contribution in [1.82, 2.24) is 19.9 Å². The van der Waals surface area contributed by atoms with E-state index in [1.165, 1.54) is 10.7 Å². The van der Waals surface area contributed by atoms with Crippen molar-refractivity contribution >= 4 is 17.5 Å². The number of rotatable bonds is 5. The Morgan fingerprint density at radius 3 is 2.85 bits per heavy atom. The highest BCUT2D eigenvalue weighted by atomic mass is 16.4. The molecule has 1 unspecified atom stereocenters. The lowest BCUT2D eigenvalue weighted by Crippen LogP contribution is -2.41. The SMILES string of the molecule is CC(C)CC(NC(=O)c1cnn2cccnc12)C(=O)O. The molecule has 7 nitrogen and oxygen atoms in total. The number of fused-ring (bicyclic) bond motifs is 1. The molecule has 106 valence electrons. The van der Waals surface area contributed by atoms with Crippen LogP contribution in [0, 0.1) is 5.92 Å². The zero-order valence-corrected chi connectivity index (χ0v) is 11.3. The smallest absolute Gasteiger partial charge is 0.326 e. The second-order valence-electron chi connectivity index (χ2n) is 4.94. The Balaban J connectivity index is 2.20. The quantitative estimate of drug-likeness (QED) is 0.847. The number of hydrogen-bond acceptors (Lipinski definition) is 4. The molecule has 7 heteroatoms. The summed E-state index contributed by atoms with van der Waals surface area (Å²) >= 11 is 0. The van der Waals surface area contributed by atoms with Gasteiger partial charge in [-0.05, 0) is 18.4 Å². The van der Waals surface area contributed by atoms with Crippen LogP contribution in [-0.2, 0) is 4.79 Å². The van der Waals surface area contributed by atoms with E-state index in [9.17, 15) is 9.59 Å². The minimum Gasteiger partial charge on any atom is -0.480 e. The van der Waals surface area contributed by atoms with Crippen LogP contribution in [0.15, 0.2) is 24.7 Å². The average Bonchev–Trinajstić information content (AvgIpc) is 2.81. The molecule has 20 heavy (non-hydrogen) atoms. The van der Waals surface area contributed by atoms with Crippen LogP contribution < -0.4 is 5.32 Å². The number of carboxylic acid groups (broad SMARTS) is 1. The third kappa shape index (κ3) is 2.93. The number of amides is 1. The molecule has 2 aromatic rings. The minimum absolute atomic E-state index is 0.165. The molecule has 1 amide bonds. The van der Waals surface area contributed by atoms with E-state index in [1.807, 2.05) is 13.8 Å². The maximum absolute atomic E-state index is 12.1. The molecular weight excluding hydrogens is 260 g/mol. The van der Waals surface area contributed by atoms with E-state index in [0.29, 0.717) is 12.1 Å². The van der Waals surface area contributed by atoms with Gasteiger partial charge < -0.3 is 10.4 Å². The summed E-state index contributed by atoms with van der Waals surface area (Å²) in [7, 11) is 0. The molecule has 0 aliphatic rings. The fraction of sp³-hybridized carbons (Fsp3) is 0.385. The number of nitrogens with zero attached hydrogens (tertiary/aromatic N) is 3. The minimum atomic E-state index is -1.04. The van der Waals surface area contributed by atoms with Crippen molar-refractivity contribution in [2.75, 3.05) is 0 Å². The largest absolute Gasteiger partial charge is 0.480 e. The molecule has 0 aliphatic carbocycles. The summed E-state index contributed by atoms with van der Waals surface area (Å²) in [5, 5.41) is 15.6. The van der Waals surface area contributed by atoms with Gasteiger partial charge in [-0.15, -0.1) is 0 Å². The normalized spacial score (nSPS) is 12.6. The van der Waals surface area contributed by atoms with E-state index in [1.54, 1.807) is 18.5 Å². The maximum atomic E-state index is 12.1. The van der Waals surface area contributed by atoms with Crippen LogP contribution in [0.3, 0.4) is 0 Å². The van der Waals surface area contributed by atoms with Gasteiger partial charge in [0.15, 0.2) is 5.65 Å². The van der Waals surface area contributed by atoms with Gasteiger partial charge in [0, 0.05) is 12.4 Å². The second-order valence-corrected chi connectivity index (χ2v) is 4.94. The first-order valence-corrected chi connectivity index (χ1v) is 6.31. The Kier molecular flexibility index (Phi) is 3.97. The van der Waals surface area contributed by atoms with Gasteiger partial charge in [0.1, 0.15) is 11.6 Å². The number of hydrogen-bond donors (Lipinski definition) is 2. The standard InChI is InChI=1S/C13H16N4O3/c1-8(2)6-10(13(19)20)16-12(18)9-7-15-17-5-3-4-14-11(9)17/h3-5,7-8,10H,6H2,1-2H3,(H,16,18)(H,19,20). The fourth-order valence-electron chi connectivity index (χ4n) is 1.92. The van der Waals surface area contributed by atoms with E-state index in [-0.39, 0.29) is 11.5 Å². The first-order chi connectivity index (χ1) is 9.49. The summed E-state index contributed by atoms with van der Waals surface area (Å²) in [5.74, 6) is -1.36. The Morgan fingerprint density at radius 1 is 1.45 bits per heavy atom. The van der Waals surface area contributed by atoms with Crippen LogP contribution in [0.1, 0.15) is 30.6 Å². The second kappa shape index (κ2) is 5.68. The van der Waals surface area contributed by atoms with E-state index >= 15 is 0 Å². The van der Waals surface area contributed by atoms with E-state index in [4.69, 9.17) is 5.11 Å². The van der Waals surface area contributed by atoms with E-state index < -0.39 is 17.9 Å². The van der Waals surface area contributed by atoms with E-state index in [2.05, 4.69) is 15.4 Å². The lowest BCUT2D eigenvalue weighted by Gasteiger charge is -2.15. The van der Waals surface area contributed by atoms with Crippen LogP contribution in [0.2, 0.25) is 0 Å². The topological polar surface area (TPSA) is 96.6 Å². The van der Waals surface area contributed by atoms with Gasteiger partial charge in [0.2, 0.25) is 0 Å². The lowest BCUT2D eigenvalue weighted by atomic mass is 10.0. The highest BCUT2D eigenvalue weighted by molar-refractivity contribution is 6.01. The predicted octanol–water partition coefficient (Wildman–Crippen LogP) is 0.958. The molecule has 0 aliphatic heterocycles. The van der Waals surface area contributed by atoms with Crippen molar-refractivity contribution in [2.24, 2.45) is 5.92 Å². The number of carbonyl (C=O) groups is 2. The number of carbonyl (C=O) groups excluding carboxylic acids is 1. The third-order valence-corrected chi connectivity index (χ3v) is 2.83. The molecule has 0 saturated carbocycles. The Bertz CT molecular complexity index is 635. The van der Waals surface area contributed by atoms with Crippen LogP contribution in [0.4, 0.5) is 0 Å². The average molecular weight is 276 g/mol. The summed E-state index contributed by atoms with van der Waals surface area (Å²) < 4.78 is 1.47. The maximum Gasteiger partial charge on any atom is 0.326 e. The van der Waals surface area contributed by atoms with Crippen LogP contribution >= 0.6 is 0 Å². The number of aromatic nitrogens is 3. The highest BCUT2D eigenvalue weighted by Gasteiger charge is 2.23. The zero-order chi connectivity index (χ0) is 14.7. The van der Waals surface area contributed by atoms with Crippen LogP contribution in [0.25, 0.3) is 5.65 Å². The fourth-order valence-corrected chi connectivity index (χ4v) is 1.92. The van der Waals surface area contributed by atoms with Gasteiger partial charge in [0.05, 0.1) is 6.20 Å². The molecule has 0 fully saturated rings. The molecule has 0 spiro atoms. The van der Waals surface area contributed by atoms with Crippen molar-refractivity contribution in [3.05, 3.63) is 30.2 Å². The monoisotopic (exact) mass is 276 g/mol. The summed E-state index contributed by atoms with van der Waals surface area (Å²) in [5.41, 5.74) is 0.666. The Morgan fingerprint density at radius 2 is 2.20 bits per heavy atom. The molecule has 2 aromatic heterocycles. The van der Waals surface area contributed by atoms with Crippen molar-refractivity contribution < 1.29 is 14.7 Å². The van der Waals surface area contributed by atoms with Crippen molar-refractivity contribution in [3.8, 4) is 0 Å². The van der Waals surface area contributed by atoms with Crippen molar-refractivity contribution in [1.29, 1.82) is 0 Å². The molecular formula is C13H16N4O3. The Hall–Kier alpha value is -2.44. The molecule has 1 atom stereocenters. The lowest BCUT2D eigenvalue weighted by molar-refractivity contribution is -0.139. The van der Waals surface area contributed by atoms with Crippen molar-refractivity contribution in [2.45, 2.75) is 26.3 Å². The number of nitrogens with one attached hydrogen (secondary N) is 1. The molecule has 2 N–H and O–H groups in total. The summed E-state index contributed by atoms with van der Waals surface area (Å²) in [4.78, 5) is 27.4. The van der Waals surface area contributed by atoms with Crippen LogP contribution in [-0.4, -0.2) is 37.6 Å². The van der Waals surface area contributed by atoms with Gasteiger partial charge in [-0.2, -0.15) is 5.10 Å². The zero-order valence-electron chi connectivity index (χ0n) is 11.3. The molecule has 0 aromatic carbocycles.